The first-order valence-electron chi connectivity index (χ1n) is 6.46. The summed E-state index contributed by atoms with van der Waals surface area (Å²) in [5.74, 6) is 0.418. The van der Waals surface area contributed by atoms with Crippen molar-refractivity contribution in [1.82, 2.24) is 0 Å². The van der Waals surface area contributed by atoms with Crippen molar-refractivity contribution in [2.24, 2.45) is 0 Å². The first-order valence-corrected chi connectivity index (χ1v) is 6.46. The van der Waals surface area contributed by atoms with Gasteiger partial charge in [-0.3, -0.25) is 4.79 Å². The number of nitrogens with zero attached hydrogens (tertiary/aromatic N) is 1. The van der Waals surface area contributed by atoms with Gasteiger partial charge in [0.1, 0.15) is 11.8 Å². The zero-order chi connectivity index (χ0) is 15.1. The Morgan fingerprint density at radius 1 is 1.24 bits per heavy atom. The number of para-hydroxylation sites is 1. The number of nitriles is 1. The number of nitrogens with two attached hydrogens (primary N) is 1. The van der Waals surface area contributed by atoms with Crippen LogP contribution in [0.4, 0.5) is 11.4 Å². The number of anilines is 2. The minimum atomic E-state index is -0.207. The van der Waals surface area contributed by atoms with Gasteiger partial charge in [-0.2, -0.15) is 5.26 Å². The van der Waals surface area contributed by atoms with E-state index in [1.54, 1.807) is 48.5 Å². The van der Waals surface area contributed by atoms with Gasteiger partial charge in [-0.25, -0.2) is 0 Å². The van der Waals surface area contributed by atoms with Gasteiger partial charge >= 0.3 is 0 Å². The molecule has 5 heteroatoms. The Morgan fingerprint density at radius 2 is 2.05 bits per heavy atom. The molecule has 1 amide bonds. The standard InChI is InChI=1S/C16H15N3O2/c17-11-12-4-1-2-7-15(12)19-16(20)8-9-21-14-6-3-5-13(18)10-14/h1-7,10H,8-9,18H2,(H,19,20). The topological polar surface area (TPSA) is 88.1 Å². The van der Waals surface area contributed by atoms with Gasteiger partial charge < -0.3 is 15.8 Å². The van der Waals surface area contributed by atoms with Gasteiger partial charge in [0, 0.05) is 11.8 Å². The van der Waals surface area contributed by atoms with Crippen molar-refractivity contribution in [2.75, 3.05) is 17.7 Å². The van der Waals surface area contributed by atoms with Crippen LogP contribution in [0.15, 0.2) is 48.5 Å². The van der Waals surface area contributed by atoms with E-state index in [1.165, 1.54) is 0 Å². The smallest absolute Gasteiger partial charge is 0.227 e. The lowest BCUT2D eigenvalue weighted by Gasteiger charge is -2.08. The van der Waals surface area contributed by atoms with Crippen LogP contribution >= 0.6 is 0 Å². The molecule has 0 unspecified atom stereocenters. The van der Waals surface area contributed by atoms with Crippen LogP contribution in [-0.2, 0) is 4.79 Å². The molecule has 2 rings (SSSR count). The molecule has 0 atom stereocenters. The van der Waals surface area contributed by atoms with Gasteiger partial charge in [0.15, 0.2) is 0 Å². The third-order valence-corrected chi connectivity index (χ3v) is 2.78. The van der Waals surface area contributed by atoms with Gasteiger partial charge in [-0.05, 0) is 24.3 Å². The van der Waals surface area contributed by atoms with Crippen molar-refractivity contribution < 1.29 is 9.53 Å². The number of carbonyl (C=O) groups is 1. The van der Waals surface area contributed by atoms with E-state index in [0.717, 1.165) is 0 Å². The highest BCUT2D eigenvalue weighted by molar-refractivity contribution is 5.92. The SMILES string of the molecule is N#Cc1ccccc1NC(=O)CCOc1cccc(N)c1. The fourth-order valence-electron chi connectivity index (χ4n) is 1.77. The van der Waals surface area contributed by atoms with Crippen LogP contribution in [-0.4, -0.2) is 12.5 Å². The Morgan fingerprint density at radius 3 is 2.81 bits per heavy atom. The van der Waals surface area contributed by atoms with E-state index in [4.69, 9.17) is 15.7 Å². The Hall–Kier alpha value is -3.00. The van der Waals surface area contributed by atoms with Gasteiger partial charge in [-0.1, -0.05) is 18.2 Å². The normalized spacial score (nSPS) is 9.67. The third-order valence-electron chi connectivity index (χ3n) is 2.78. The molecule has 0 radical (unpaired) electrons. The minimum Gasteiger partial charge on any atom is -0.493 e. The molecule has 2 aromatic carbocycles. The van der Waals surface area contributed by atoms with Crippen molar-refractivity contribution in [3.63, 3.8) is 0 Å². The molecular formula is C16H15N3O2. The average molecular weight is 281 g/mol. The second kappa shape index (κ2) is 6.96. The zero-order valence-corrected chi connectivity index (χ0v) is 11.4. The van der Waals surface area contributed by atoms with Crippen LogP contribution in [0.2, 0.25) is 0 Å². The molecule has 0 aliphatic rings. The van der Waals surface area contributed by atoms with Crippen LogP contribution in [0.1, 0.15) is 12.0 Å². The lowest BCUT2D eigenvalue weighted by atomic mass is 10.2. The molecule has 0 aromatic heterocycles. The molecule has 0 aliphatic carbocycles. The Kier molecular flexibility index (Phi) is 4.78. The zero-order valence-electron chi connectivity index (χ0n) is 11.4. The number of carbonyl (C=O) groups excluding carboxylic acids is 1. The maximum Gasteiger partial charge on any atom is 0.227 e. The molecule has 3 N–H and O–H groups in total. The highest BCUT2D eigenvalue weighted by Gasteiger charge is 2.06. The molecule has 0 fully saturated rings. The Labute approximate surface area is 123 Å². The average Bonchev–Trinajstić information content (AvgIpc) is 2.48. The van der Waals surface area contributed by atoms with Crippen molar-refractivity contribution in [3.8, 4) is 11.8 Å². The fourth-order valence-corrected chi connectivity index (χ4v) is 1.77. The minimum absolute atomic E-state index is 0.189. The predicted octanol–water partition coefficient (Wildman–Crippen LogP) is 2.55. The highest BCUT2D eigenvalue weighted by Crippen LogP contribution is 2.15. The predicted molar refractivity (Wildman–Crippen MR) is 80.8 cm³/mol. The Bertz CT molecular complexity index is 677. The molecule has 2 aromatic rings. The molecule has 0 saturated carbocycles. The summed E-state index contributed by atoms with van der Waals surface area (Å²) in [7, 11) is 0. The first kappa shape index (κ1) is 14.4. The summed E-state index contributed by atoms with van der Waals surface area (Å²) in [5, 5.41) is 11.6. The molecule has 0 saturated heterocycles. The number of benzene rings is 2. The van der Waals surface area contributed by atoms with Crippen LogP contribution in [0.25, 0.3) is 0 Å². The van der Waals surface area contributed by atoms with Crippen LogP contribution in [0.5, 0.6) is 5.75 Å². The van der Waals surface area contributed by atoms with Crippen molar-refractivity contribution in [1.29, 1.82) is 5.26 Å². The van der Waals surface area contributed by atoms with Crippen molar-refractivity contribution in [3.05, 3.63) is 54.1 Å². The Balaban J connectivity index is 1.84. The van der Waals surface area contributed by atoms with Gasteiger partial charge in [0.2, 0.25) is 5.91 Å². The van der Waals surface area contributed by atoms with E-state index >= 15 is 0 Å². The van der Waals surface area contributed by atoms with Crippen LogP contribution in [0.3, 0.4) is 0 Å². The largest absolute Gasteiger partial charge is 0.493 e. The molecule has 5 nitrogen and oxygen atoms in total. The number of hydrogen-bond donors (Lipinski definition) is 2. The summed E-state index contributed by atoms with van der Waals surface area (Å²) in [5.41, 5.74) is 7.19. The lowest BCUT2D eigenvalue weighted by molar-refractivity contribution is -0.116. The van der Waals surface area contributed by atoms with Gasteiger partial charge in [0.05, 0.1) is 24.3 Å². The number of hydrogen-bond acceptors (Lipinski definition) is 4. The molecule has 106 valence electrons. The summed E-state index contributed by atoms with van der Waals surface area (Å²) in [4.78, 5) is 11.8. The van der Waals surface area contributed by atoms with Crippen molar-refractivity contribution >= 4 is 17.3 Å². The van der Waals surface area contributed by atoms with Gasteiger partial charge in [0.25, 0.3) is 0 Å². The summed E-state index contributed by atoms with van der Waals surface area (Å²) < 4.78 is 5.45. The molecule has 0 spiro atoms. The quantitative estimate of drug-likeness (QED) is 0.824. The van der Waals surface area contributed by atoms with Crippen LogP contribution < -0.4 is 15.8 Å². The van der Waals surface area contributed by atoms with Crippen LogP contribution in [0, 0.1) is 11.3 Å². The summed E-state index contributed by atoms with van der Waals surface area (Å²) in [6.45, 7) is 0.240. The summed E-state index contributed by atoms with van der Waals surface area (Å²) >= 11 is 0. The summed E-state index contributed by atoms with van der Waals surface area (Å²) in [6, 6.07) is 15.9. The fraction of sp³-hybridized carbons (Fsp3) is 0.125. The highest BCUT2D eigenvalue weighted by atomic mass is 16.5. The van der Waals surface area contributed by atoms with E-state index in [-0.39, 0.29) is 18.9 Å². The van der Waals surface area contributed by atoms with E-state index in [2.05, 4.69) is 5.32 Å². The first-order chi connectivity index (χ1) is 10.2. The number of nitrogens with one attached hydrogen (secondary N) is 1. The maximum atomic E-state index is 11.8. The number of rotatable bonds is 5. The monoisotopic (exact) mass is 281 g/mol. The van der Waals surface area contributed by atoms with Crippen molar-refractivity contribution in [2.45, 2.75) is 6.42 Å². The number of amides is 1. The second-order valence-electron chi connectivity index (χ2n) is 4.38. The molecular weight excluding hydrogens is 266 g/mol. The number of ether oxygens (including phenoxy) is 1. The molecule has 0 heterocycles. The van der Waals surface area contributed by atoms with E-state index in [9.17, 15) is 4.79 Å². The maximum absolute atomic E-state index is 11.8. The third kappa shape index (κ3) is 4.25. The van der Waals surface area contributed by atoms with E-state index in [1.807, 2.05) is 6.07 Å². The number of nitrogen functional groups attached to an aromatic ring is 1. The molecule has 0 bridgehead atoms. The molecule has 0 aliphatic heterocycles. The van der Waals surface area contributed by atoms with E-state index < -0.39 is 0 Å². The van der Waals surface area contributed by atoms with Gasteiger partial charge in [-0.15, -0.1) is 0 Å². The van der Waals surface area contributed by atoms with E-state index in [0.29, 0.717) is 22.7 Å². The lowest BCUT2D eigenvalue weighted by Crippen LogP contribution is -2.15. The summed E-state index contributed by atoms with van der Waals surface area (Å²) in [6.07, 6.45) is 0.189. The second-order valence-corrected chi connectivity index (χ2v) is 4.38. The molecule has 21 heavy (non-hydrogen) atoms.